The molecule has 2 aromatic rings. The van der Waals surface area contributed by atoms with Crippen LogP contribution >= 0.6 is 0 Å². The number of hydrogen-bond acceptors (Lipinski definition) is 3. The molecule has 0 saturated carbocycles. The van der Waals surface area contributed by atoms with Gasteiger partial charge in [0.1, 0.15) is 0 Å². The average molecular weight is 332 g/mol. The Morgan fingerprint density at radius 3 is 2.30 bits per heavy atom. The average Bonchev–Trinajstić information content (AvgIpc) is 2.47. The summed E-state index contributed by atoms with van der Waals surface area (Å²) in [5, 5.41) is 2.85. The molecule has 0 saturated heterocycles. The number of benzene rings is 2. The van der Waals surface area contributed by atoms with Crippen molar-refractivity contribution in [3.8, 4) is 0 Å². The van der Waals surface area contributed by atoms with Crippen LogP contribution in [0.2, 0.25) is 0 Å². The topological polar surface area (TPSA) is 75.3 Å². The van der Waals surface area contributed by atoms with Crippen LogP contribution < -0.4 is 10.0 Å². The third-order valence-corrected chi connectivity index (χ3v) is 4.04. The van der Waals surface area contributed by atoms with Crippen molar-refractivity contribution in [2.24, 2.45) is 0 Å². The lowest BCUT2D eigenvalue weighted by Gasteiger charge is -2.12. The number of aryl methyl sites for hydroxylation is 1. The minimum absolute atomic E-state index is 0.236. The number of carbonyl (C=O) groups excluding carboxylic acids is 1. The second-order valence-electron chi connectivity index (χ2n) is 5.52. The van der Waals surface area contributed by atoms with Gasteiger partial charge in [-0.1, -0.05) is 35.9 Å². The van der Waals surface area contributed by atoms with Crippen molar-refractivity contribution >= 4 is 21.6 Å². The Balaban J connectivity index is 2.13. The van der Waals surface area contributed by atoms with Crippen LogP contribution in [-0.4, -0.2) is 20.6 Å². The van der Waals surface area contributed by atoms with Gasteiger partial charge in [0, 0.05) is 12.1 Å². The first kappa shape index (κ1) is 17.0. The van der Waals surface area contributed by atoms with Crippen LogP contribution in [0.3, 0.4) is 0 Å². The van der Waals surface area contributed by atoms with E-state index in [9.17, 15) is 13.2 Å². The Labute approximate surface area is 136 Å². The van der Waals surface area contributed by atoms with Crippen molar-refractivity contribution in [3.63, 3.8) is 0 Å². The summed E-state index contributed by atoms with van der Waals surface area (Å²) in [6.07, 6.45) is 1.08. The predicted molar refractivity (Wildman–Crippen MR) is 92.0 cm³/mol. The zero-order chi connectivity index (χ0) is 17.0. The maximum absolute atomic E-state index is 12.3. The van der Waals surface area contributed by atoms with E-state index >= 15 is 0 Å². The largest absolute Gasteiger partial charge is 0.348 e. The van der Waals surface area contributed by atoms with E-state index in [1.165, 1.54) is 0 Å². The molecule has 0 aliphatic carbocycles. The summed E-state index contributed by atoms with van der Waals surface area (Å²) in [5.41, 5.74) is 3.63. The van der Waals surface area contributed by atoms with Gasteiger partial charge in [-0.15, -0.1) is 0 Å². The smallest absolute Gasteiger partial charge is 0.251 e. The van der Waals surface area contributed by atoms with Crippen molar-refractivity contribution in [2.45, 2.75) is 20.4 Å². The van der Waals surface area contributed by atoms with Gasteiger partial charge in [-0.3, -0.25) is 9.52 Å². The van der Waals surface area contributed by atoms with Crippen LogP contribution in [0, 0.1) is 13.8 Å². The molecule has 0 spiro atoms. The molecule has 0 bridgehead atoms. The normalized spacial score (nSPS) is 11.1. The molecule has 2 aromatic carbocycles. The molecule has 2 rings (SSSR count). The second kappa shape index (κ2) is 6.83. The lowest BCUT2D eigenvalue weighted by atomic mass is 10.1. The van der Waals surface area contributed by atoms with Crippen molar-refractivity contribution in [2.75, 3.05) is 11.0 Å². The Kier molecular flexibility index (Phi) is 5.05. The summed E-state index contributed by atoms with van der Waals surface area (Å²) < 4.78 is 25.1. The molecule has 0 aliphatic heterocycles. The number of nitrogens with one attached hydrogen (secondary N) is 2. The fourth-order valence-corrected chi connectivity index (χ4v) is 2.80. The van der Waals surface area contributed by atoms with Gasteiger partial charge < -0.3 is 5.32 Å². The molecule has 0 atom stereocenters. The Hall–Kier alpha value is -2.34. The zero-order valence-electron chi connectivity index (χ0n) is 13.4. The van der Waals surface area contributed by atoms with Crippen LogP contribution in [-0.2, 0) is 16.6 Å². The van der Waals surface area contributed by atoms with Crippen molar-refractivity contribution in [1.29, 1.82) is 0 Å². The molecule has 0 unspecified atom stereocenters. The third kappa shape index (κ3) is 4.82. The van der Waals surface area contributed by atoms with Gasteiger partial charge in [-0.05, 0) is 37.1 Å². The van der Waals surface area contributed by atoms with Crippen molar-refractivity contribution < 1.29 is 13.2 Å². The highest BCUT2D eigenvalue weighted by Crippen LogP contribution is 2.20. The van der Waals surface area contributed by atoms with E-state index < -0.39 is 10.0 Å². The van der Waals surface area contributed by atoms with E-state index in [1.807, 2.05) is 31.2 Å². The molecule has 23 heavy (non-hydrogen) atoms. The first-order valence-corrected chi connectivity index (χ1v) is 9.06. The van der Waals surface area contributed by atoms with Gasteiger partial charge in [0.05, 0.1) is 11.9 Å². The minimum Gasteiger partial charge on any atom is -0.348 e. The van der Waals surface area contributed by atoms with Crippen LogP contribution in [0.25, 0.3) is 0 Å². The molecule has 0 aromatic heterocycles. The molecule has 5 nitrogen and oxygen atoms in total. The highest BCUT2D eigenvalue weighted by Gasteiger charge is 2.13. The second-order valence-corrected chi connectivity index (χ2v) is 7.27. The maximum Gasteiger partial charge on any atom is 0.251 e. The summed E-state index contributed by atoms with van der Waals surface area (Å²) in [6.45, 7) is 4.14. The molecular weight excluding hydrogens is 312 g/mol. The number of rotatable bonds is 5. The van der Waals surface area contributed by atoms with Gasteiger partial charge in [-0.25, -0.2) is 8.42 Å². The predicted octanol–water partition coefficient (Wildman–Crippen LogP) is 2.60. The number of anilines is 1. The van der Waals surface area contributed by atoms with E-state index in [-0.39, 0.29) is 5.91 Å². The molecule has 122 valence electrons. The first-order chi connectivity index (χ1) is 10.8. The highest BCUT2D eigenvalue weighted by molar-refractivity contribution is 7.92. The van der Waals surface area contributed by atoms with Crippen LogP contribution in [0.5, 0.6) is 0 Å². The molecule has 2 N–H and O–H groups in total. The summed E-state index contributed by atoms with van der Waals surface area (Å²) >= 11 is 0. The number of sulfonamides is 1. The molecule has 0 aliphatic rings. The molecule has 6 heteroatoms. The van der Waals surface area contributed by atoms with Gasteiger partial charge in [0.2, 0.25) is 10.0 Å². The summed E-state index contributed by atoms with van der Waals surface area (Å²) in [4.78, 5) is 12.3. The molecule has 0 radical (unpaired) electrons. The monoisotopic (exact) mass is 332 g/mol. The first-order valence-electron chi connectivity index (χ1n) is 7.17. The van der Waals surface area contributed by atoms with E-state index in [2.05, 4.69) is 10.0 Å². The van der Waals surface area contributed by atoms with Crippen LogP contribution in [0.1, 0.15) is 27.0 Å². The lowest BCUT2D eigenvalue weighted by molar-refractivity contribution is 0.0950. The van der Waals surface area contributed by atoms with E-state index in [1.54, 1.807) is 25.1 Å². The fourth-order valence-electron chi connectivity index (χ4n) is 2.18. The fraction of sp³-hybridized carbons (Fsp3) is 0.235. The summed E-state index contributed by atoms with van der Waals surface area (Å²) in [5.74, 6) is -0.236. The standard InChI is InChI=1S/C17H20N2O3S/c1-12-7-9-14(10-8-12)11-18-17(20)15-5-4-6-16(13(15)2)19-23(3,21)22/h4-10,19H,11H2,1-3H3,(H,18,20). The molecule has 0 fully saturated rings. The van der Waals surface area contributed by atoms with E-state index in [0.717, 1.165) is 17.4 Å². The number of hydrogen-bond donors (Lipinski definition) is 2. The van der Waals surface area contributed by atoms with Crippen molar-refractivity contribution in [3.05, 3.63) is 64.7 Å². The zero-order valence-corrected chi connectivity index (χ0v) is 14.2. The number of carbonyl (C=O) groups is 1. The van der Waals surface area contributed by atoms with E-state index in [0.29, 0.717) is 23.4 Å². The van der Waals surface area contributed by atoms with Crippen LogP contribution in [0.15, 0.2) is 42.5 Å². The molecular formula is C17H20N2O3S. The third-order valence-electron chi connectivity index (χ3n) is 3.45. The molecule has 1 amide bonds. The highest BCUT2D eigenvalue weighted by atomic mass is 32.2. The Morgan fingerprint density at radius 1 is 1.04 bits per heavy atom. The Bertz CT molecular complexity index is 812. The van der Waals surface area contributed by atoms with E-state index in [4.69, 9.17) is 0 Å². The summed E-state index contributed by atoms with van der Waals surface area (Å²) in [7, 11) is -3.38. The lowest BCUT2D eigenvalue weighted by Crippen LogP contribution is -2.24. The number of amides is 1. The van der Waals surface area contributed by atoms with Crippen LogP contribution in [0.4, 0.5) is 5.69 Å². The SMILES string of the molecule is Cc1ccc(CNC(=O)c2cccc(NS(C)(=O)=O)c2C)cc1. The van der Waals surface area contributed by atoms with Gasteiger partial charge in [0.15, 0.2) is 0 Å². The maximum atomic E-state index is 12.3. The quantitative estimate of drug-likeness (QED) is 0.884. The Morgan fingerprint density at radius 2 is 1.70 bits per heavy atom. The summed E-state index contributed by atoms with van der Waals surface area (Å²) in [6, 6.07) is 12.9. The van der Waals surface area contributed by atoms with Crippen molar-refractivity contribution in [1.82, 2.24) is 5.32 Å². The minimum atomic E-state index is -3.38. The van der Waals surface area contributed by atoms with Gasteiger partial charge in [0.25, 0.3) is 5.91 Å². The van der Waals surface area contributed by atoms with Gasteiger partial charge >= 0.3 is 0 Å². The molecule has 0 heterocycles. The van der Waals surface area contributed by atoms with Gasteiger partial charge in [-0.2, -0.15) is 0 Å².